The van der Waals surface area contributed by atoms with Crippen LogP contribution in [-0.2, 0) is 0 Å². The molecule has 4 rings (SSSR count). The van der Waals surface area contributed by atoms with E-state index in [2.05, 4.69) is 53.8 Å². The summed E-state index contributed by atoms with van der Waals surface area (Å²) in [7, 11) is 0. The van der Waals surface area contributed by atoms with Gasteiger partial charge < -0.3 is 5.32 Å². The lowest BCUT2D eigenvalue weighted by Crippen LogP contribution is -2.35. The second-order valence-corrected chi connectivity index (χ2v) is 6.50. The Balaban J connectivity index is 1.69. The molecule has 3 aromatic rings. The normalized spacial score (nSPS) is 18.3. The number of carbonyl (C=O) groups is 1. The van der Waals surface area contributed by atoms with Gasteiger partial charge in [-0.1, -0.05) is 55.0 Å². The molecule has 116 valence electrons. The first kappa shape index (κ1) is 14.4. The van der Waals surface area contributed by atoms with Crippen molar-refractivity contribution in [3.05, 3.63) is 60.2 Å². The molecule has 0 bridgehead atoms. The molecule has 0 radical (unpaired) electrons. The van der Waals surface area contributed by atoms with Crippen LogP contribution in [0.15, 0.2) is 54.6 Å². The van der Waals surface area contributed by atoms with Crippen LogP contribution in [0.3, 0.4) is 0 Å². The fourth-order valence-electron chi connectivity index (χ4n) is 3.62. The summed E-state index contributed by atoms with van der Waals surface area (Å²) in [5.41, 5.74) is 0.834. The van der Waals surface area contributed by atoms with Crippen LogP contribution >= 0.6 is 0 Å². The van der Waals surface area contributed by atoms with Crippen molar-refractivity contribution in [3.63, 3.8) is 0 Å². The Bertz CT molecular complexity index is 862. The van der Waals surface area contributed by atoms with Gasteiger partial charge in [-0.15, -0.1) is 0 Å². The van der Waals surface area contributed by atoms with E-state index in [9.17, 15) is 4.79 Å². The summed E-state index contributed by atoms with van der Waals surface area (Å²) in [5, 5.41) is 8.27. The molecule has 3 aromatic carbocycles. The molecule has 1 N–H and O–H groups in total. The molecule has 1 unspecified atom stereocenters. The molecule has 2 heteroatoms. The Morgan fingerprint density at radius 1 is 0.957 bits per heavy atom. The summed E-state index contributed by atoms with van der Waals surface area (Å²) in [6.07, 6.45) is 4.18. The van der Waals surface area contributed by atoms with E-state index in [1.807, 2.05) is 6.07 Å². The first-order chi connectivity index (χ1) is 11.3. The van der Waals surface area contributed by atoms with E-state index >= 15 is 0 Å². The van der Waals surface area contributed by atoms with E-state index in [-0.39, 0.29) is 5.78 Å². The highest BCUT2D eigenvalue weighted by atomic mass is 16.1. The van der Waals surface area contributed by atoms with E-state index in [0.717, 1.165) is 18.5 Å². The van der Waals surface area contributed by atoms with Gasteiger partial charge in [-0.05, 0) is 47.0 Å². The minimum Gasteiger partial charge on any atom is -0.314 e. The summed E-state index contributed by atoms with van der Waals surface area (Å²) < 4.78 is 0. The van der Waals surface area contributed by atoms with Gasteiger partial charge in [-0.25, -0.2) is 0 Å². The first-order valence-corrected chi connectivity index (χ1v) is 8.49. The molecule has 1 aliphatic heterocycles. The molecule has 1 fully saturated rings. The minimum atomic E-state index is 0.249. The number of Topliss-reactive ketones (excluding diaryl/α,β-unsaturated/α-hetero) is 1. The zero-order valence-corrected chi connectivity index (χ0v) is 13.2. The Morgan fingerprint density at radius 3 is 2.57 bits per heavy atom. The van der Waals surface area contributed by atoms with Crippen LogP contribution in [-0.4, -0.2) is 18.4 Å². The highest BCUT2D eigenvalue weighted by Gasteiger charge is 2.17. The summed E-state index contributed by atoms with van der Waals surface area (Å²) in [4.78, 5) is 12.7. The molecule has 0 amide bonds. The second kappa shape index (κ2) is 6.13. The van der Waals surface area contributed by atoms with Crippen molar-refractivity contribution in [1.82, 2.24) is 5.32 Å². The summed E-state index contributed by atoms with van der Waals surface area (Å²) in [6, 6.07) is 19.1. The number of fused-ring (bicyclic) bond motifs is 3. The standard InChI is InChI=1S/C21H21NO/c23-21(14-18-6-3-4-12-22-18)17-11-10-16-9-8-15-5-1-2-7-19(15)20(16)13-17/h1-2,5,7-11,13,18,22H,3-4,6,12,14H2. The van der Waals surface area contributed by atoms with Crippen molar-refractivity contribution in [2.24, 2.45) is 0 Å². The number of hydrogen-bond acceptors (Lipinski definition) is 2. The fourth-order valence-corrected chi connectivity index (χ4v) is 3.62. The SMILES string of the molecule is O=C(CC1CCCCN1)c1ccc2ccc3ccccc3c2c1. The van der Waals surface area contributed by atoms with Crippen molar-refractivity contribution >= 4 is 27.3 Å². The van der Waals surface area contributed by atoms with Gasteiger partial charge in [0.2, 0.25) is 0 Å². The third-order valence-corrected chi connectivity index (χ3v) is 4.91. The lowest BCUT2D eigenvalue weighted by molar-refractivity contribution is 0.0964. The Hall–Kier alpha value is -2.19. The van der Waals surface area contributed by atoms with Crippen LogP contribution in [0.5, 0.6) is 0 Å². The quantitative estimate of drug-likeness (QED) is 0.561. The predicted octanol–water partition coefficient (Wildman–Crippen LogP) is 4.71. The second-order valence-electron chi connectivity index (χ2n) is 6.50. The predicted molar refractivity (Wildman–Crippen MR) is 96.0 cm³/mol. The third-order valence-electron chi connectivity index (χ3n) is 4.91. The number of piperidine rings is 1. The van der Waals surface area contributed by atoms with Crippen LogP contribution in [0.2, 0.25) is 0 Å². The average Bonchev–Trinajstić information content (AvgIpc) is 2.62. The van der Waals surface area contributed by atoms with Crippen molar-refractivity contribution in [3.8, 4) is 0 Å². The molecule has 0 aromatic heterocycles. The van der Waals surface area contributed by atoms with Gasteiger partial charge in [0.25, 0.3) is 0 Å². The van der Waals surface area contributed by atoms with Gasteiger partial charge in [-0.3, -0.25) is 4.79 Å². The Morgan fingerprint density at radius 2 is 1.74 bits per heavy atom. The number of carbonyl (C=O) groups excluding carboxylic acids is 1. The van der Waals surface area contributed by atoms with E-state index in [1.165, 1.54) is 34.4 Å². The maximum Gasteiger partial charge on any atom is 0.164 e. The Labute approximate surface area is 136 Å². The summed E-state index contributed by atoms with van der Waals surface area (Å²) in [6.45, 7) is 1.04. The van der Waals surface area contributed by atoms with Crippen LogP contribution in [0, 0.1) is 0 Å². The number of rotatable bonds is 3. The van der Waals surface area contributed by atoms with Crippen LogP contribution in [0.4, 0.5) is 0 Å². The number of benzene rings is 3. The van der Waals surface area contributed by atoms with Crippen molar-refractivity contribution in [1.29, 1.82) is 0 Å². The molecule has 2 nitrogen and oxygen atoms in total. The zero-order chi connectivity index (χ0) is 15.6. The lowest BCUT2D eigenvalue weighted by atomic mass is 9.94. The summed E-state index contributed by atoms with van der Waals surface area (Å²) in [5.74, 6) is 0.249. The highest BCUT2D eigenvalue weighted by molar-refractivity contribution is 6.10. The van der Waals surface area contributed by atoms with Gasteiger partial charge in [0.1, 0.15) is 0 Å². The van der Waals surface area contributed by atoms with Crippen LogP contribution in [0.1, 0.15) is 36.0 Å². The minimum absolute atomic E-state index is 0.249. The maximum atomic E-state index is 12.7. The first-order valence-electron chi connectivity index (χ1n) is 8.49. The van der Waals surface area contributed by atoms with Gasteiger partial charge in [0.15, 0.2) is 5.78 Å². The van der Waals surface area contributed by atoms with Crippen LogP contribution in [0.25, 0.3) is 21.5 Å². The van der Waals surface area contributed by atoms with Crippen LogP contribution < -0.4 is 5.32 Å². The molecule has 1 aliphatic rings. The monoisotopic (exact) mass is 303 g/mol. The molecule has 0 spiro atoms. The number of ketones is 1. The van der Waals surface area contributed by atoms with Crippen molar-refractivity contribution in [2.75, 3.05) is 6.54 Å². The number of hydrogen-bond donors (Lipinski definition) is 1. The van der Waals surface area contributed by atoms with Gasteiger partial charge in [0.05, 0.1) is 0 Å². The molecule has 0 aliphatic carbocycles. The fraction of sp³-hybridized carbons (Fsp3) is 0.286. The van der Waals surface area contributed by atoms with Gasteiger partial charge in [0, 0.05) is 18.0 Å². The summed E-state index contributed by atoms with van der Waals surface area (Å²) >= 11 is 0. The molecule has 1 saturated heterocycles. The van der Waals surface area contributed by atoms with Crippen molar-refractivity contribution < 1.29 is 4.79 Å². The molecule has 23 heavy (non-hydrogen) atoms. The van der Waals surface area contributed by atoms with E-state index in [4.69, 9.17) is 0 Å². The Kier molecular flexibility index (Phi) is 3.84. The van der Waals surface area contributed by atoms with Gasteiger partial charge >= 0.3 is 0 Å². The highest BCUT2D eigenvalue weighted by Crippen LogP contribution is 2.27. The molecular formula is C21H21NO. The third kappa shape index (κ3) is 2.87. The topological polar surface area (TPSA) is 29.1 Å². The maximum absolute atomic E-state index is 12.7. The van der Waals surface area contributed by atoms with E-state index < -0.39 is 0 Å². The molecule has 1 atom stereocenters. The smallest absolute Gasteiger partial charge is 0.164 e. The van der Waals surface area contributed by atoms with Gasteiger partial charge in [-0.2, -0.15) is 0 Å². The molecule has 0 saturated carbocycles. The number of nitrogens with one attached hydrogen (secondary N) is 1. The molecular weight excluding hydrogens is 282 g/mol. The average molecular weight is 303 g/mol. The van der Waals surface area contributed by atoms with Crippen molar-refractivity contribution in [2.45, 2.75) is 31.7 Å². The van der Waals surface area contributed by atoms with E-state index in [0.29, 0.717) is 12.5 Å². The van der Waals surface area contributed by atoms with E-state index in [1.54, 1.807) is 0 Å². The zero-order valence-electron chi connectivity index (χ0n) is 13.2. The largest absolute Gasteiger partial charge is 0.314 e. The lowest BCUT2D eigenvalue weighted by Gasteiger charge is -2.22. The molecule has 1 heterocycles.